The average Bonchev–Trinajstić information content (AvgIpc) is 3.56. The highest BCUT2D eigenvalue weighted by Gasteiger charge is 2.37. The molecule has 1 aromatic heterocycles. The summed E-state index contributed by atoms with van der Waals surface area (Å²) in [5.74, 6) is 0.514. The first-order chi connectivity index (χ1) is 18.6. The summed E-state index contributed by atoms with van der Waals surface area (Å²) in [6.45, 7) is 6.42. The molecule has 2 heterocycles. The number of nitrogens with zero attached hydrogens (tertiary/aromatic N) is 4. The van der Waals surface area contributed by atoms with Gasteiger partial charge in [-0.15, -0.1) is 5.10 Å². The maximum atomic E-state index is 14.1. The van der Waals surface area contributed by atoms with E-state index in [4.69, 9.17) is 18.9 Å². The summed E-state index contributed by atoms with van der Waals surface area (Å²) in [4.78, 5) is 29.6. The van der Waals surface area contributed by atoms with Gasteiger partial charge in [-0.2, -0.15) is 0 Å². The van der Waals surface area contributed by atoms with Gasteiger partial charge in [0.25, 0.3) is 0 Å². The predicted molar refractivity (Wildman–Crippen MR) is 145 cm³/mol. The molecule has 0 bridgehead atoms. The van der Waals surface area contributed by atoms with Gasteiger partial charge in [-0.05, 0) is 63.4 Å². The van der Waals surface area contributed by atoms with Crippen LogP contribution < -0.4 is 19.5 Å². The summed E-state index contributed by atoms with van der Waals surface area (Å²) >= 11 is 0. The van der Waals surface area contributed by atoms with Crippen LogP contribution in [-0.2, 0) is 20.9 Å². The van der Waals surface area contributed by atoms with Gasteiger partial charge >= 0.3 is 0 Å². The molecule has 2 aromatic carbocycles. The lowest BCUT2D eigenvalue weighted by Crippen LogP contribution is -2.51. The number of rotatable bonds is 10. The van der Waals surface area contributed by atoms with E-state index in [0.29, 0.717) is 34.9 Å². The Bertz CT molecular complexity index is 1290. The lowest BCUT2D eigenvalue weighted by molar-refractivity contribution is -0.143. The maximum absolute atomic E-state index is 14.1. The Morgan fingerprint density at radius 1 is 1.13 bits per heavy atom. The molecule has 210 valence electrons. The topological polar surface area (TPSA) is 117 Å². The minimum absolute atomic E-state index is 0.100. The molecule has 0 unspecified atom stereocenters. The molecule has 1 aliphatic heterocycles. The third-order valence-electron chi connectivity index (χ3n) is 6.51. The Kier molecular flexibility index (Phi) is 8.59. The molecule has 39 heavy (non-hydrogen) atoms. The Morgan fingerprint density at radius 2 is 1.82 bits per heavy atom. The Labute approximate surface area is 228 Å². The lowest BCUT2D eigenvalue weighted by atomic mass is 9.99. The van der Waals surface area contributed by atoms with Crippen LogP contribution in [0.2, 0.25) is 0 Å². The quantitative estimate of drug-likeness (QED) is 0.418. The van der Waals surface area contributed by atoms with E-state index < -0.39 is 11.6 Å². The summed E-state index contributed by atoms with van der Waals surface area (Å²) < 4.78 is 24.1. The average molecular weight is 540 g/mol. The van der Waals surface area contributed by atoms with Gasteiger partial charge in [-0.1, -0.05) is 17.3 Å². The summed E-state index contributed by atoms with van der Waals surface area (Å²) in [5.41, 5.74) is 1.38. The number of methoxy groups -OCH3 is 3. The molecule has 1 aliphatic rings. The fourth-order valence-corrected chi connectivity index (χ4v) is 4.78. The van der Waals surface area contributed by atoms with Crippen molar-refractivity contribution in [1.82, 2.24) is 25.2 Å². The predicted octanol–water partition coefficient (Wildman–Crippen LogP) is 3.12. The van der Waals surface area contributed by atoms with Crippen LogP contribution in [0.3, 0.4) is 0 Å². The molecule has 0 aliphatic carbocycles. The van der Waals surface area contributed by atoms with Crippen molar-refractivity contribution < 1.29 is 28.5 Å². The normalized spacial score (nSPS) is 16.1. The van der Waals surface area contributed by atoms with Crippen molar-refractivity contribution in [3.63, 3.8) is 0 Å². The molecule has 0 radical (unpaired) electrons. The summed E-state index contributed by atoms with van der Waals surface area (Å²) in [7, 11) is 4.53. The number of carbonyl (C=O) groups is 2. The lowest BCUT2D eigenvalue weighted by Gasteiger charge is -2.35. The van der Waals surface area contributed by atoms with Crippen molar-refractivity contribution >= 4 is 22.8 Å². The van der Waals surface area contributed by atoms with Crippen molar-refractivity contribution in [2.75, 3.05) is 34.5 Å². The summed E-state index contributed by atoms with van der Waals surface area (Å²) in [6, 6.07) is 9.82. The van der Waals surface area contributed by atoms with E-state index in [2.05, 4.69) is 15.6 Å². The molecule has 1 fully saturated rings. The van der Waals surface area contributed by atoms with Gasteiger partial charge < -0.3 is 29.2 Å². The van der Waals surface area contributed by atoms with Gasteiger partial charge in [0.05, 0.1) is 33.0 Å². The molecule has 11 nitrogen and oxygen atoms in total. The van der Waals surface area contributed by atoms with Crippen LogP contribution in [0, 0.1) is 0 Å². The number of amides is 2. The van der Waals surface area contributed by atoms with Gasteiger partial charge in [0.2, 0.25) is 17.6 Å². The number of hydrogen-bond donors (Lipinski definition) is 1. The minimum atomic E-state index is -1.01. The Morgan fingerprint density at radius 3 is 2.41 bits per heavy atom. The van der Waals surface area contributed by atoms with Crippen molar-refractivity contribution in [1.29, 1.82) is 0 Å². The van der Waals surface area contributed by atoms with Crippen LogP contribution in [0.25, 0.3) is 11.0 Å². The van der Waals surface area contributed by atoms with Crippen LogP contribution in [0.5, 0.6) is 17.2 Å². The second-order valence-corrected chi connectivity index (χ2v) is 10.5. The standard InChI is InChI=1S/C28H37N5O6/c1-28(2,3)29-27(35)25(18-14-22(36-4)26(38-6)23(15-18)37-5)32(16-19-10-9-13-39-19)24(34)17-33-21-12-8-7-11-20(21)30-31-33/h7-8,11-12,14-15,19,25H,9-10,13,16-17H2,1-6H3,(H,29,35)/t19-,25+/m1/s1. The van der Waals surface area contributed by atoms with Crippen LogP contribution >= 0.6 is 0 Å². The van der Waals surface area contributed by atoms with Gasteiger partial charge in [0.15, 0.2) is 11.5 Å². The van der Waals surface area contributed by atoms with Gasteiger partial charge in [-0.3, -0.25) is 9.59 Å². The Balaban J connectivity index is 1.81. The molecule has 1 saturated heterocycles. The maximum Gasteiger partial charge on any atom is 0.247 e. The number of aromatic nitrogens is 3. The third-order valence-corrected chi connectivity index (χ3v) is 6.51. The zero-order chi connectivity index (χ0) is 28.2. The van der Waals surface area contributed by atoms with Gasteiger partial charge in [0, 0.05) is 18.7 Å². The van der Waals surface area contributed by atoms with Crippen LogP contribution in [0.1, 0.15) is 45.2 Å². The number of nitrogens with one attached hydrogen (secondary N) is 1. The highest BCUT2D eigenvalue weighted by molar-refractivity contribution is 5.90. The molecular formula is C28H37N5O6. The zero-order valence-corrected chi connectivity index (χ0v) is 23.4. The largest absolute Gasteiger partial charge is 0.493 e. The van der Waals surface area contributed by atoms with E-state index in [1.54, 1.807) is 21.7 Å². The second kappa shape index (κ2) is 11.9. The van der Waals surface area contributed by atoms with Crippen LogP contribution in [-0.4, -0.2) is 77.8 Å². The molecule has 3 aromatic rings. The van der Waals surface area contributed by atoms with E-state index in [1.807, 2.05) is 45.0 Å². The fourth-order valence-electron chi connectivity index (χ4n) is 4.78. The number of para-hydroxylation sites is 1. The van der Waals surface area contributed by atoms with E-state index in [-0.39, 0.29) is 31.0 Å². The zero-order valence-electron chi connectivity index (χ0n) is 23.4. The van der Waals surface area contributed by atoms with E-state index in [9.17, 15) is 9.59 Å². The van der Waals surface area contributed by atoms with Crippen molar-refractivity contribution in [3.05, 3.63) is 42.0 Å². The number of ether oxygens (including phenoxy) is 4. The Hall–Kier alpha value is -3.86. The van der Waals surface area contributed by atoms with Gasteiger partial charge in [0.1, 0.15) is 18.1 Å². The number of hydrogen-bond acceptors (Lipinski definition) is 8. The molecular weight excluding hydrogens is 502 g/mol. The molecule has 4 rings (SSSR count). The first-order valence-electron chi connectivity index (χ1n) is 13.0. The smallest absolute Gasteiger partial charge is 0.247 e. The molecule has 0 saturated carbocycles. The monoisotopic (exact) mass is 539 g/mol. The van der Waals surface area contributed by atoms with Crippen molar-refractivity contribution in [2.45, 2.75) is 57.8 Å². The van der Waals surface area contributed by atoms with Crippen LogP contribution in [0.4, 0.5) is 0 Å². The molecule has 1 N–H and O–H groups in total. The van der Waals surface area contributed by atoms with Crippen LogP contribution in [0.15, 0.2) is 36.4 Å². The third kappa shape index (κ3) is 6.42. The minimum Gasteiger partial charge on any atom is -0.493 e. The SMILES string of the molecule is COc1cc([C@@H](C(=O)NC(C)(C)C)N(C[C@H]2CCCO2)C(=O)Cn2nnc3ccccc32)cc(OC)c1OC. The first kappa shape index (κ1) is 28.2. The van der Waals surface area contributed by atoms with E-state index in [0.717, 1.165) is 18.4 Å². The van der Waals surface area contributed by atoms with Crippen molar-refractivity contribution in [2.24, 2.45) is 0 Å². The summed E-state index contributed by atoms with van der Waals surface area (Å²) in [5, 5.41) is 11.4. The molecule has 0 spiro atoms. The number of carbonyl (C=O) groups excluding carboxylic acids is 2. The fraction of sp³-hybridized carbons (Fsp3) is 0.500. The molecule has 2 amide bonds. The molecule has 2 atom stereocenters. The highest BCUT2D eigenvalue weighted by atomic mass is 16.5. The number of benzene rings is 2. The molecule has 11 heteroatoms. The van der Waals surface area contributed by atoms with E-state index >= 15 is 0 Å². The van der Waals surface area contributed by atoms with E-state index in [1.165, 1.54) is 21.3 Å². The van der Waals surface area contributed by atoms with Crippen molar-refractivity contribution in [3.8, 4) is 17.2 Å². The van der Waals surface area contributed by atoms with Gasteiger partial charge in [-0.25, -0.2) is 4.68 Å². The highest BCUT2D eigenvalue weighted by Crippen LogP contribution is 2.41. The first-order valence-corrected chi connectivity index (χ1v) is 13.0. The number of fused-ring (bicyclic) bond motifs is 1. The second-order valence-electron chi connectivity index (χ2n) is 10.5. The summed E-state index contributed by atoms with van der Waals surface area (Å²) in [6.07, 6.45) is 1.48.